The summed E-state index contributed by atoms with van der Waals surface area (Å²) in [5, 5.41) is 3.93. The van der Waals surface area contributed by atoms with Crippen LogP contribution in [-0.4, -0.2) is 24.7 Å². The molecule has 0 amide bonds. The van der Waals surface area contributed by atoms with Gasteiger partial charge >= 0.3 is 0 Å². The smallest absolute Gasteiger partial charge is 0.178 e. The van der Waals surface area contributed by atoms with Gasteiger partial charge in [-0.25, -0.2) is 14.6 Å². The van der Waals surface area contributed by atoms with Crippen molar-refractivity contribution in [2.24, 2.45) is 7.05 Å². The second kappa shape index (κ2) is 5.06. The average molecular weight is 191 g/mol. The lowest BCUT2D eigenvalue weighted by Crippen LogP contribution is -1.96. The first-order valence-electron chi connectivity index (χ1n) is 4.48. The highest BCUT2D eigenvalue weighted by atomic mass is 15.3. The molecule has 2 aromatic heterocycles. The van der Waals surface area contributed by atoms with E-state index in [1.807, 2.05) is 20.9 Å². The van der Waals surface area contributed by atoms with E-state index in [2.05, 4.69) is 20.1 Å². The maximum absolute atomic E-state index is 4.10. The highest BCUT2D eigenvalue weighted by Crippen LogP contribution is 2.08. The molecule has 0 aliphatic heterocycles. The predicted molar refractivity (Wildman–Crippen MR) is 53.4 cm³/mol. The fourth-order valence-corrected chi connectivity index (χ4v) is 0.943. The molecule has 0 aliphatic rings. The molecular formula is C9H13N5. The lowest BCUT2D eigenvalue weighted by Gasteiger charge is -1.96. The van der Waals surface area contributed by atoms with Crippen molar-refractivity contribution in [2.75, 3.05) is 0 Å². The summed E-state index contributed by atoms with van der Waals surface area (Å²) in [6.45, 7) is 4.00. The molecule has 0 bridgehead atoms. The minimum Gasteiger partial charge on any atom is -0.261 e. The van der Waals surface area contributed by atoms with Gasteiger partial charge < -0.3 is 0 Å². The molecular weight excluding hydrogens is 178 g/mol. The minimum atomic E-state index is 0.725. The molecule has 0 N–H and O–H groups in total. The molecule has 2 rings (SSSR count). The molecule has 2 heterocycles. The van der Waals surface area contributed by atoms with Gasteiger partial charge in [0.1, 0.15) is 12.0 Å². The van der Waals surface area contributed by atoms with E-state index < -0.39 is 0 Å². The van der Waals surface area contributed by atoms with E-state index in [4.69, 9.17) is 0 Å². The molecule has 2 aromatic rings. The van der Waals surface area contributed by atoms with E-state index in [0.29, 0.717) is 0 Å². The summed E-state index contributed by atoms with van der Waals surface area (Å²) < 4.78 is 1.66. The van der Waals surface area contributed by atoms with Gasteiger partial charge in [0.15, 0.2) is 5.82 Å². The van der Waals surface area contributed by atoms with Crippen molar-refractivity contribution < 1.29 is 0 Å². The van der Waals surface area contributed by atoms with Crippen LogP contribution in [0.5, 0.6) is 0 Å². The number of rotatable bonds is 1. The first-order valence-corrected chi connectivity index (χ1v) is 4.48. The summed E-state index contributed by atoms with van der Waals surface area (Å²) in [5.74, 6) is 0.725. The van der Waals surface area contributed by atoms with Crippen molar-refractivity contribution in [2.45, 2.75) is 13.8 Å². The monoisotopic (exact) mass is 191 g/mol. The molecule has 0 atom stereocenters. The number of nitrogens with zero attached hydrogens (tertiary/aromatic N) is 5. The third kappa shape index (κ3) is 2.12. The maximum Gasteiger partial charge on any atom is 0.178 e. The van der Waals surface area contributed by atoms with Crippen molar-refractivity contribution >= 4 is 0 Å². The zero-order valence-corrected chi connectivity index (χ0v) is 8.55. The highest BCUT2D eigenvalue weighted by Gasteiger charge is 2.03. The molecule has 74 valence electrons. The Morgan fingerprint density at radius 3 is 2.43 bits per heavy atom. The van der Waals surface area contributed by atoms with Crippen LogP contribution in [0.4, 0.5) is 0 Å². The molecule has 0 unspecified atom stereocenters. The molecule has 0 radical (unpaired) electrons. The highest BCUT2D eigenvalue weighted by molar-refractivity contribution is 5.46. The topological polar surface area (TPSA) is 56.5 Å². The largest absolute Gasteiger partial charge is 0.261 e. The summed E-state index contributed by atoms with van der Waals surface area (Å²) in [6.07, 6.45) is 6.40. The SMILES string of the molecule is CC.Cn1ncnc1-c1cnccn1. The Hall–Kier alpha value is -1.78. The van der Waals surface area contributed by atoms with E-state index in [1.165, 1.54) is 6.33 Å². The Kier molecular flexibility index (Phi) is 3.72. The van der Waals surface area contributed by atoms with Crippen molar-refractivity contribution in [3.05, 3.63) is 24.9 Å². The van der Waals surface area contributed by atoms with Gasteiger partial charge in [-0.15, -0.1) is 0 Å². The van der Waals surface area contributed by atoms with Crippen molar-refractivity contribution in [1.29, 1.82) is 0 Å². The van der Waals surface area contributed by atoms with Gasteiger partial charge in [0.25, 0.3) is 0 Å². The Morgan fingerprint density at radius 2 is 1.93 bits per heavy atom. The third-order valence-electron chi connectivity index (χ3n) is 1.50. The Balaban J connectivity index is 0.000000461. The van der Waals surface area contributed by atoms with Crippen LogP contribution in [0.25, 0.3) is 11.5 Å². The van der Waals surface area contributed by atoms with E-state index >= 15 is 0 Å². The summed E-state index contributed by atoms with van der Waals surface area (Å²) in [4.78, 5) is 12.1. The van der Waals surface area contributed by atoms with Gasteiger partial charge in [0, 0.05) is 19.4 Å². The van der Waals surface area contributed by atoms with E-state index in [1.54, 1.807) is 23.3 Å². The Morgan fingerprint density at radius 1 is 1.14 bits per heavy atom. The number of hydrogen-bond donors (Lipinski definition) is 0. The quantitative estimate of drug-likeness (QED) is 0.681. The molecule has 0 saturated carbocycles. The first-order chi connectivity index (χ1) is 6.88. The normalized spacial score (nSPS) is 9.07. The molecule has 14 heavy (non-hydrogen) atoms. The van der Waals surface area contributed by atoms with Crippen LogP contribution in [0, 0.1) is 0 Å². The van der Waals surface area contributed by atoms with Gasteiger partial charge in [-0.1, -0.05) is 13.8 Å². The lowest BCUT2D eigenvalue weighted by atomic mass is 10.4. The van der Waals surface area contributed by atoms with E-state index in [0.717, 1.165) is 11.5 Å². The molecule has 0 spiro atoms. The van der Waals surface area contributed by atoms with E-state index in [-0.39, 0.29) is 0 Å². The second-order valence-electron chi connectivity index (χ2n) is 2.30. The van der Waals surface area contributed by atoms with Crippen LogP contribution in [0.1, 0.15) is 13.8 Å². The fourth-order valence-electron chi connectivity index (χ4n) is 0.943. The van der Waals surface area contributed by atoms with Crippen LogP contribution in [0.3, 0.4) is 0 Å². The molecule has 5 nitrogen and oxygen atoms in total. The zero-order chi connectivity index (χ0) is 10.4. The summed E-state index contributed by atoms with van der Waals surface area (Å²) >= 11 is 0. The summed E-state index contributed by atoms with van der Waals surface area (Å²) in [6, 6.07) is 0. The Labute approximate surface area is 82.9 Å². The average Bonchev–Trinajstić information content (AvgIpc) is 2.69. The zero-order valence-electron chi connectivity index (χ0n) is 8.55. The first kappa shape index (κ1) is 10.3. The summed E-state index contributed by atoms with van der Waals surface area (Å²) in [5.41, 5.74) is 0.734. The van der Waals surface area contributed by atoms with Crippen LogP contribution in [0.2, 0.25) is 0 Å². The maximum atomic E-state index is 4.10. The standard InChI is InChI=1S/C7H7N5.C2H6/c1-12-7(10-5-11-12)6-4-8-2-3-9-6;1-2/h2-5H,1H3;1-2H3. The van der Waals surface area contributed by atoms with Crippen molar-refractivity contribution in [3.63, 3.8) is 0 Å². The third-order valence-corrected chi connectivity index (χ3v) is 1.50. The lowest BCUT2D eigenvalue weighted by molar-refractivity contribution is 0.771. The molecule has 0 saturated heterocycles. The van der Waals surface area contributed by atoms with Crippen molar-refractivity contribution in [3.8, 4) is 11.5 Å². The number of aryl methyl sites for hydroxylation is 1. The van der Waals surface area contributed by atoms with Crippen LogP contribution in [0.15, 0.2) is 24.9 Å². The van der Waals surface area contributed by atoms with Gasteiger partial charge in [0.2, 0.25) is 0 Å². The molecule has 0 aromatic carbocycles. The summed E-state index contributed by atoms with van der Waals surface area (Å²) in [7, 11) is 1.82. The molecule has 0 fully saturated rings. The van der Waals surface area contributed by atoms with Crippen molar-refractivity contribution in [1.82, 2.24) is 24.7 Å². The molecule has 0 aliphatic carbocycles. The Bertz CT molecular complexity index is 368. The molecule has 5 heteroatoms. The van der Waals surface area contributed by atoms with Gasteiger partial charge in [0.05, 0.1) is 6.20 Å². The van der Waals surface area contributed by atoms with Gasteiger partial charge in [-0.3, -0.25) is 4.98 Å². The van der Waals surface area contributed by atoms with Crippen LogP contribution >= 0.6 is 0 Å². The number of hydrogen-bond acceptors (Lipinski definition) is 4. The van der Waals surface area contributed by atoms with Crippen LogP contribution in [-0.2, 0) is 7.05 Å². The predicted octanol–water partition coefficient (Wildman–Crippen LogP) is 1.30. The van der Waals surface area contributed by atoms with Crippen LogP contribution < -0.4 is 0 Å². The van der Waals surface area contributed by atoms with E-state index in [9.17, 15) is 0 Å². The van der Waals surface area contributed by atoms with Gasteiger partial charge in [-0.05, 0) is 0 Å². The van der Waals surface area contributed by atoms with Gasteiger partial charge in [-0.2, -0.15) is 5.10 Å². The minimum absolute atomic E-state index is 0.725. The number of aromatic nitrogens is 5. The fraction of sp³-hybridized carbons (Fsp3) is 0.333. The second-order valence-corrected chi connectivity index (χ2v) is 2.30.